The van der Waals surface area contributed by atoms with Crippen molar-refractivity contribution in [1.29, 1.82) is 0 Å². The average molecular weight is 296 g/mol. The van der Waals surface area contributed by atoms with E-state index in [4.69, 9.17) is 11.6 Å². The highest BCUT2D eigenvalue weighted by Crippen LogP contribution is 2.33. The second kappa shape index (κ2) is 5.58. The summed E-state index contributed by atoms with van der Waals surface area (Å²) >= 11 is 5.95. The second-order valence-corrected chi connectivity index (χ2v) is 5.33. The van der Waals surface area contributed by atoms with E-state index < -0.39 is 0 Å². The van der Waals surface area contributed by atoms with E-state index in [2.05, 4.69) is 30.1 Å². The van der Waals surface area contributed by atoms with Gasteiger partial charge < -0.3 is 4.98 Å². The van der Waals surface area contributed by atoms with Crippen LogP contribution >= 0.6 is 11.6 Å². The normalized spacial score (nSPS) is 10.6. The van der Waals surface area contributed by atoms with Crippen molar-refractivity contribution in [1.82, 2.24) is 4.98 Å². The Morgan fingerprint density at radius 1 is 0.905 bits per heavy atom. The highest BCUT2D eigenvalue weighted by molar-refractivity contribution is 6.30. The minimum atomic E-state index is -0.270. The summed E-state index contributed by atoms with van der Waals surface area (Å²) in [5.41, 5.74) is 5.19. The molecular weight excluding hydrogens is 282 g/mol. The summed E-state index contributed by atoms with van der Waals surface area (Å²) in [5, 5.41) is 0.201. The Bertz CT molecular complexity index is 852. The molecule has 0 aliphatic carbocycles. The number of pyridine rings is 1. The average Bonchev–Trinajstić information content (AvgIpc) is 2.51. The molecule has 0 bridgehead atoms. The fourth-order valence-corrected chi connectivity index (χ4v) is 2.63. The molecule has 0 radical (unpaired) electrons. The molecular formula is C18H14ClNO. The SMILES string of the molecule is Cc1ccccc1-c1ccccc1-c1c[nH]c(=O)c(Cl)c1. The van der Waals surface area contributed by atoms with E-state index in [1.807, 2.05) is 30.3 Å². The van der Waals surface area contributed by atoms with Crippen LogP contribution in [0.3, 0.4) is 0 Å². The van der Waals surface area contributed by atoms with Crippen LogP contribution in [0.4, 0.5) is 0 Å². The van der Waals surface area contributed by atoms with Crippen molar-refractivity contribution in [2.24, 2.45) is 0 Å². The Kier molecular flexibility index (Phi) is 3.63. The number of aryl methyl sites for hydroxylation is 1. The Morgan fingerprint density at radius 2 is 1.52 bits per heavy atom. The zero-order chi connectivity index (χ0) is 14.8. The fourth-order valence-electron chi connectivity index (χ4n) is 2.46. The minimum Gasteiger partial charge on any atom is -0.327 e. The van der Waals surface area contributed by atoms with Crippen molar-refractivity contribution in [3.63, 3.8) is 0 Å². The summed E-state index contributed by atoms with van der Waals surface area (Å²) in [7, 11) is 0. The summed E-state index contributed by atoms with van der Waals surface area (Å²) < 4.78 is 0. The van der Waals surface area contributed by atoms with Crippen LogP contribution in [-0.2, 0) is 0 Å². The maximum Gasteiger partial charge on any atom is 0.266 e. The predicted molar refractivity (Wildman–Crippen MR) is 87.7 cm³/mol. The topological polar surface area (TPSA) is 32.9 Å². The van der Waals surface area contributed by atoms with Crippen LogP contribution < -0.4 is 5.56 Å². The molecule has 2 nitrogen and oxygen atoms in total. The summed E-state index contributed by atoms with van der Waals surface area (Å²) in [6, 6.07) is 18.1. The van der Waals surface area contributed by atoms with Crippen molar-refractivity contribution < 1.29 is 0 Å². The lowest BCUT2D eigenvalue weighted by atomic mass is 9.93. The van der Waals surface area contributed by atoms with E-state index in [0.717, 1.165) is 16.7 Å². The van der Waals surface area contributed by atoms with Gasteiger partial charge in [-0.05, 0) is 35.2 Å². The minimum absolute atomic E-state index is 0.201. The highest BCUT2D eigenvalue weighted by Gasteiger charge is 2.09. The number of rotatable bonds is 2. The molecule has 0 atom stereocenters. The molecule has 1 N–H and O–H groups in total. The number of halogens is 1. The molecule has 3 heteroatoms. The van der Waals surface area contributed by atoms with E-state index in [-0.39, 0.29) is 10.6 Å². The first-order valence-electron chi connectivity index (χ1n) is 6.70. The maximum atomic E-state index is 11.4. The molecule has 0 fully saturated rings. The van der Waals surface area contributed by atoms with E-state index in [1.54, 1.807) is 12.3 Å². The molecule has 1 aromatic heterocycles. The molecule has 0 saturated heterocycles. The molecule has 104 valence electrons. The Labute approximate surface area is 128 Å². The number of hydrogen-bond donors (Lipinski definition) is 1. The first-order valence-corrected chi connectivity index (χ1v) is 7.08. The third kappa shape index (κ3) is 2.63. The molecule has 0 amide bonds. The lowest BCUT2D eigenvalue weighted by Crippen LogP contribution is -2.04. The Balaban J connectivity index is 2.23. The summed E-state index contributed by atoms with van der Waals surface area (Å²) in [4.78, 5) is 14.1. The van der Waals surface area contributed by atoms with Crippen LogP contribution in [0.1, 0.15) is 5.56 Å². The first-order chi connectivity index (χ1) is 10.2. The summed E-state index contributed by atoms with van der Waals surface area (Å²) in [6.07, 6.45) is 1.70. The predicted octanol–water partition coefficient (Wildman–Crippen LogP) is 4.67. The van der Waals surface area contributed by atoms with Gasteiger partial charge in [-0.2, -0.15) is 0 Å². The van der Waals surface area contributed by atoms with Crippen molar-refractivity contribution in [2.75, 3.05) is 0 Å². The molecule has 21 heavy (non-hydrogen) atoms. The van der Waals surface area contributed by atoms with Crippen molar-refractivity contribution >= 4 is 11.6 Å². The molecule has 0 unspecified atom stereocenters. The molecule has 1 heterocycles. The number of benzene rings is 2. The van der Waals surface area contributed by atoms with Gasteiger partial charge in [-0.3, -0.25) is 4.79 Å². The number of aromatic nitrogens is 1. The van der Waals surface area contributed by atoms with E-state index in [9.17, 15) is 4.79 Å². The van der Waals surface area contributed by atoms with Gasteiger partial charge in [-0.25, -0.2) is 0 Å². The lowest BCUT2D eigenvalue weighted by Gasteiger charge is -2.12. The summed E-state index contributed by atoms with van der Waals surface area (Å²) in [6.45, 7) is 2.09. The summed E-state index contributed by atoms with van der Waals surface area (Å²) in [5.74, 6) is 0. The first kappa shape index (κ1) is 13.7. The molecule has 0 saturated carbocycles. The number of aromatic amines is 1. The van der Waals surface area contributed by atoms with Crippen LogP contribution in [-0.4, -0.2) is 4.98 Å². The van der Waals surface area contributed by atoms with E-state index >= 15 is 0 Å². The third-order valence-electron chi connectivity index (χ3n) is 3.53. The zero-order valence-electron chi connectivity index (χ0n) is 11.6. The molecule has 0 spiro atoms. The van der Waals surface area contributed by atoms with Gasteiger partial charge in [0.25, 0.3) is 5.56 Å². The number of hydrogen-bond acceptors (Lipinski definition) is 1. The molecule has 3 aromatic rings. The van der Waals surface area contributed by atoms with Crippen molar-refractivity contribution in [3.05, 3.63) is 81.7 Å². The highest BCUT2D eigenvalue weighted by atomic mass is 35.5. The van der Waals surface area contributed by atoms with Gasteiger partial charge in [0, 0.05) is 11.8 Å². The van der Waals surface area contributed by atoms with Gasteiger partial charge in [-0.15, -0.1) is 0 Å². The maximum absolute atomic E-state index is 11.4. The molecule has 2 aromatic carbocycles. The molecule has 0 aliphatic rings. The monoisotopic (exact) mass is 295 g/mol. The van der Waals surface area contributed by atoms with Gasteiger partial charge in [0.1, 0.15) is 5.02 Å². The van der Waals surface area contributed by atoms with Crippen LogP contribution in [0.15, 0.2) is 65.6 Å². The van der Waals surface area contributed by atoms with Gasteiger partial charge in [0.05, 0.1) is 0 Å². The lowest BCUT2D eigenvalue weighted by molar-refractivity contribution is 1.24. The molecule has 0 aliphatic heterocycles. The number of H-pyrrole nitrogens is 1. The van der Waals surface area contributed by atoms with Crippen molar-refractivity contribution in [2.45, 2.75) is 6.92 Å². The van der Waals surface area contributed by atoms with E-state index in [0.29, 0.717) is 0 Å². The zero-order valence-corrected chi connectivity index (χ0v) is 12.3. The van der Waals surface area contributed by atoms with E-state index in [1.165, 1.54) is 11.1 Å². The third-order valence-corrected chi connectivity index (χ3v) is 3.81. The standard InChI is InChI=1S/C18H14ClNO/c1-12-6-2-3-7-14(12)16-9-5-4-8-15(16)13-10-17(19)18(21)20-11-13/h2-11H,1H3,(H,20,21). The van der Waals surface area contributed by atoms with Gasteiger partial charge in [0.15, 0.2) is 0 Å². The van der Waals surface area contributed by atoms with Crippen LogP contribution in [0.5, 0.6) is 0 Å². The van der Waals surface area contributed by atoms with Crippen LogP contribution in [0.2, 0.25) is 5.02 Å². The van der Waals surface area contributed by atoms with Crippen LogP contribution in [0.25, 0.3) is 22.3 Å². The quantitative estimate of drug-likeness (QED) is 0.732. The second-order valence-electron chi connectivity index (χ2n) is 4.93. The Hall–Kier alpha value is -2.32. The van der Waals surface area contributed by atoms with Gasteiger partial charge in [-0.1, -0.05) is 60.1 Å². The number of nitrogens with one attached hydrogen (secondary N) is 1. The Morgan fingerprint density at radius 3 is 2.19 bits per heavy atom. The van der Waals surface area contributed by atoms with Crippen molar-refractivity contribution in [3.8, 4) is 22.3 Å². The van der Waals surface area contributed by atoms with Gasteiger partial charge in [0.2, 0.25) is 0 Å². The van der Waals surface area contributed by atoms with Gasteiger partial charge >= 0.3 is 0 Å². The molecule has 3 rings (SSSR count). The van der Waals surface area contributed by atoms with Crippen LogP contribution in [0, 0.1) is 6.92 Å². The smallest absolute Gasteiger partial charge is 0.266 e. The fraction of sp³-hybridized carbons (Fsp3) is 0.0556. The largest absolute Gasteiger partial charge is 0.327 e.